The average molecular weight is 272 g/mol. The topological polar surface area (TPSA) is 36.9 Å². The minimum Gasteiger partial charge on any atom is -0.497 e. The van der Waals surface area contributed by atoms with Gasteiger partial charge in [-0.05, 0) is 30.3 Å². The van der Waals surface area contributed by atoms with Gasteiger partial charge < -0.3 is 18.9 Å². The molecule has 4 nitrogen and oxygen atoms in total. The SMILES string of the molecule is COc1ccc2c(c1)C(OC)(OC)c1ccccc1O2. The molecule has 4 heteroatoms. The number of methoxy groups -OCH3 is 3. The molecule has 0 spiro atoms. The lowest BCUT2D eigenvalue weighted by atomic mass is 9.93. The first-order valence-corrected chi connectivity index (χ1v) is 6.31. The zero-order valence-corrected chi connectivity index (χ0v) is 11.7. The Labute approximate surface area is 117 Å². The van der Waals surface area contributed by atoms with Crippen molar-refractivity contribution in [3.8, 4) is 17.2 Å². The fourth-order valence-corrected chi connectivity index (χ4v) is 2.60. The van der Waals surface area contributed by atoms with Crippen LogP contribution in [0.2, 0.25) is 0 Å². The van der Waals surface area contributed by atoms with Crippen LogP contribution in [0.1, 0.15) is 11.1 Å². The predicted molar refractivity (Wildman–Crippen MR) is 74.3 cm³/mol. The van der Waals surface area contributed by atoms with Crippen molar-refractivity contribution in [2.45, 2.75) is 5.79 Å². The quantitative estimate of drug-likeness (QED) is 0.803. The second-order valence-electron chi connectivity index (χ2n) is 4.49. The van der Waals surface area contributed by atoms with Crippen LogP contribution in [0.3, 0.4) is 0 Å². The summed E-state index contributed by atoms with van der Waals surface area (Å²) in [6.45, 7) is 0. The van der Waals surface area contributed by atoms with Crippen LogP contribution in [0, 0.1) is 0 Å². The van der Waals surface area contributed by atoms with Crippen molar-refractivity contribution in [3.63, 3.8) is 0 Å². The first-order chi connectivity index (χ1) is 9.75. The molecule has 0 fully saturated rings. The fraction of sp³-hybridized carbons (Fsp3) is 0.250. The van der Waals surface area contributed by atoms with E-state index in [9.17, 15) is 0 Å². The predicted octanol–water partition coefficient (Wildman–Crippen LogP) is 3.29. The van der Waals surface area contributed by atoms with E-state index in [1.807, 2.05) is 42.5 Å². The summed E-state index contributed by atoms with van der Waals surface area (Å²) in [5, 5.41) is 0. The molecule has 1 aliphatic heterocycles. The summed E-state index contributed by atoms with van der Waals surface area (Å²) >= 11 is 0. The van der Waals surface area contributed by atoms with E-state index in [-0.39, 0.29) is 0 Å². The maximum atomic E-state index is 5.92. The Hall–Kier alpha value is -2.04. The highest BCUT2D eigenvalue weighted by Gasteiger charge is 2.43. The van der Waals surface area contributed by atoms with Gasteiger partial charge in [0.05, 0.1) is 18.2 Å². The molecule has 20 heavy (non-hydrogen) atoms. The molecule has 0 amide bonds. The van der Waals surface area contributed by atoms with E-state index < -0.39 is 5.79 Å². The lowest BCUT2D eigenvalue weighted by Crippen LogP contribution is -2.35. The third-order valence-corrected chi connectivity index (χ3v) is 3.58. The summed E-state index contributed by atoms with van der Waals surface area (Å²) in [6.07, 6.45) is 0. The first kappa shape index (κ1) is 13.0. The summed E-state index contributed by atoms with van der Waals surface area (Å²) in [4.78, 5) is 0. The minimum absolute atomic E-state index is 0.702. The monoisotopic (exact) mass is 272 g/mol. The molecule has 0 radical (unpaired) electrons. The van der Waals surface area contributed by atoms with E-state index in [1.165, 1.54) is 0 Å². The number of benzene rings is 2. The van der Waals surface area contributed by atoms with Crippen molar-refractivity contribution in [3.05, 3.63) is 53.6 Å². The smallest absolute Gasteiger partial charge is 0.229 e. The van der Waals surface area contributed by atoms with Crippen LogP contribution in [0.15, 0.2) is 42.5 Å². The van der Waals surface area contributed by atoms with Gasteiger partial charge in [-0.3, -0.25) is 0 Å². The Bertz CT molecular complexity index is 632. The third kappa shape index (κ3) is 1.69. The van der Waals surface area contributed by atoms with Gasteiger partial charge in [-0.15, -0.1) is 0 Å². The Morgan fingerprint density at radius 3 is 2.25 bits per heavy atom. The van der Waals surface area contributed by atoms with Crippen LogP contribution in [-0.2, 0) is 15.3 Å². The summed E-state index contributed by atoms with van der Waals surface area (Å²) in [5.41, 5.74) is 1.63. The summed E-state index contributed by atoms with van der Waals surface area (Å²) in [6, 6.07) is 13.3. The van der Waals surface area contributed by atoms with E-state index in [4.69, 9.17) is 18.9 Å². The first-order valence-electron chi connectivity index (χ1n) is 6.31. The van der Waals surface area contributed by atoms with Crippen LogP contribution in [0.5, 0.6) is 17.2 Å². The van der Waals surface area contributed by atoms with Crippen LogP contribution in [0.4, 0.5) is 0 Å². The zero-order valence-electron chi connectivity index (χ0n) is 11.7. The maximum absolute atomic E-state index is 5.92. The fourth-order valence-electron chi connectivity index (χ4n) is 2.60. The molecule has 104 valence electrons. The highest BCUT2D eigenvalue weighted by Crippen LogP contribution is 2.49. The molecule has 2 aromatic rings. The molecular formula is C16H16O4. The Morgan fingerprint density at radius 1 is 0.850 bits per heavy atom. The molecule has 0 saturated carbocycles. The van der Waals surface area contributed by atoms with Crippen molar-refractivity contribution in [2.75, 3.05) is 21.3 Å². The Morgan fingerprint density at radius 2 is 1.55 bits per heavy atom. The number of fused-ring (bicyclic) bond motifs is 2. The van der Waals surface area contributed by atoms with Crippen molar-refractivity contribution in [1.82, 2.24) is 0 Å². The molecule has 0 atom stereocenters. The molecule has 2 aromatic carbocycles. The largest absolute Gasteiger partial charge is 0.497 e. The molecule has 0 aromatic heterocycles. The van der Waals surface area contributed by atoms with E-state index in [0.717, 1.165) is 22.6 Å². The number of para-hydroxylation sites is 1. The number of hydrogen-bond donors (Lipinski definition) is 0. The number of rotatable bonds is 3. The van der Waals surface area contributed by atoms with Gasteiger partial charge >= 0.3 is 0 Å². The lowest BCUT2D eigenvalue weighted by molar-refractivity contribution is -0.187. The second kappa shape index (κ2) is 4.81. The highest BCUT2D eigenvalue weighted by molar-refractivity contribution is 5.56. The molecule has 1 heterocycles. The highest BCUT2D eigenvalue weighted by atomic mass is 16.7. The lowest BCUT2D eigenvalue weighted by Gasteiger charge is -2.37. The van der Waals surface area contributed by atoms with E-state index in [0.29, 0.717) is 5.75 Å². The van der Waals surface area contributed by atoms with Gasteiger partial charge in [-0.25, -0.2) is 0 Å². The molecule has 3 rings (SSSR count). The normalized spacial score (nSPS) is 14.9. The van der Waals surface area contributed by atoms with Crippen molar-refractivity contribution < 1.29 is 18.9 Å². The van der Waals surface area contributed by atoms with Crippen molar-refractivity contribution in [1.29, 1.82) is 0 Å². The Kier molecular flexibility index (Phi) is 3.12. The van der Waals surface area contributed by atoms with Gasteiger partial charge in [-0.1, -0.05) is 12.1 Å². The minimum atomic E-state index is -0.987. The zero-order chi connectivity index (χ0) is 14.2. The van der Waals surface area contributed by atoms with Crippen LogP contribution < -0.4 is 9.47 Å². The van der Waals surface area contributed by atoms with Gasteiger partial charge in [-0.2, -0.15) is 0 Å². The summed E-state index contributed by atoms with van der Waals surface area (Å²) in [7, 11) is 4.87. The number of hydrogen-bond acceptors (Lipinski definition) is 4. The molecule has 1 aliphatic rings. The van der Waals surface area contributed by atoms with Gasteiger partial charge in [0.15, 0.2) is 0 Å². The molecule has 0 N–H and O–H groups in total. The van der Waals surface area contributed by atoms with Gasteiger partial charge in [0.1, 0.15) is 17.2 Å². The maximum Gasteiger partial charge on any atom is 0.229 e. The van der Waals surface area contributed by atoms with Crippen molar-refractivity contribution in [2.24, 2.45) is 0 Å². The van der Waals surface area contributed by atoms with E-state index >= 15 is 0 Å². The molecule has 0 unspecified atom stereocenters. The molecule has 0 aliphatic carbocycles. The van der Waals surface area contributed by atoms with E-state index in [1.54, 1.807) is 21.3 Å². The molecule has 0 bridgehead atoms. The third-order valence-electron chi connectivity index (χ3n) is 3.58. The summed E-state index contributed by atoms with van der Waals surface area (Å²) in [5.74, 6) is 1.17. The van der Waals surface area contributed by atoms with E-state index in [2.05, 4.69) is 0 Å². The van der Waals surface area contributed by atoms with Crippen molar-refractivity contribution >= 4 is 0 Å². The summed E-state index contributed by atoms with van der Waals surface area (Å²) < 4.78 is 22.6. The molecular weight excluding hydrogens is 256 g/mol. The Balaban J connectivity index is 2.27. The van der Waals surface area contributed by atoms with Crippen LogP contribution in [0.25, 0.3) is 0 Å². The van der Waals surface area contributed by atoms with Crippen LogP contribution >= 0.6 is 0 Å². The number of ether oxygens (including phenoxy) is 4. The standard InChI is InChI=1S/C16H16O4/c1-17-11-8-9-15-13(10-11)16(18-2,19-3)12-6-4-5-7-14(12)20-15/h4-10H,1-3H3. The average Bonchev–Trinajstić information content (AvgIpc) is 2.52. The molecule has 0 saturated heterocycles. The van der Waals surface area contributed by atoms with Gasteiger partial charge in [0.2, 0.25) is 5.79 Å². The van der Waals surface area contributed by atoms with Gasteiger partial charge in [0, 0.05) is 14.2 Å². The van der Waals surface area contributed by atoms with Crippen LogP contribution in [-0.4, -0.2) is 21.3 Å². The second-order valence-corrected chi connectivity index (χ2v) is 4.49. The van der Waals surface area contributed by atoms with Gasteiger partial charge in [0.25, 0.3) is 0 Å².